The normalized spacial score (nSPS) is 17.2. The van der Waals surface area contributed by atoms with Crippen LogP contribution >= 0.6 is 15.9 Å². The van der Waals surface area contributed by atoms with Crippen LogP contribution in [-0.4, -0.2) is 7.11 Å². The first-order valence-corrected chi connectivity index (χ1v) is 5.26. The van der Waals surface area contributed by atoms with Gasteiger partial charge in [-0.05, 0) is 25.0 Å². The number of methoxy groups -OCH3 is 1. The Morgan fingerprint density at radius 3 is 2.71 bits per heavy atom. The van der Waals surface area contributed by atoms with Crippen LogP contribution in [0.15, 0.2) is 22.7 Å². The van der Waals surface area contributed by atoms with Crippen molar-refractivity contribution in [2.24, 2.45) is 0 Å². The van der Waals surface area contributed by atoms with Crippen LogP contribution in [0.25, 0.3) is 0 Å². The van der Waals surface area contributed by atoms with Crippen LogP contribution in [0, 0.1) is 11.3 Å². The summed E-state index contributed by atoms with van der Waals surface area (Å²) < 4.78 is 6.25. The molecule has 0 aliphatic heterocycles. The Labute approximate surface area is 91.6 Å². The van der Waals surface area contributed by atoms with Gasteiger partial charge in [0.25, 0.3) is 0 Å². The van der Waals surface area contributed by atoms with Crippen molar-refractivity contribution in [1.82, 2.24) is 0 Å². The zero-order valence-electron chi connectivity index (χ0n) is 7.88. The molecule has 1 aromatic carbocycles. The minimum atomic E-state index is -0.272. The predicted molar refractivity (Wildman–Crippen MR) is 57.2 cm³/mol. The number of halogens is 1. The van der Waals surface area contributed by atoms with Gasteiger partial charge >= 0.3 is 0 Å². The summed E-state index contributed by atoms with van der Waals surface area (Å²) in [7, 11) is 1.64. The van der Waals surface area contributed by atoms with E-state index in [9.17, 15) is 0 Å². The molecule has 0 atom stereocenters. The van der Waals surface area contributed by atoms with Crippen molar-refractivity contribution in [2.75, 3.05) is 7.11 Å². The van der Waals surface area contributed by atoms with Crippen molar-refractivity contribution in [2.45, 2.75) is 18.3 Å². The summed E-state index contributed by atoms with van der Waals surface area (Å²) in [6.45, 7) is 0. The highest BCUT2D eigenvalue weighted by Crippen LogP contribution is 2.51. The first-order chi connectivity index (χ1) is 6.72. The Morgan fingerprint density at radius 1 is 1.50 bits per heavy atom. The molecule has 1 aromatic rings. The second-order valence-corrected chi connectivity index (χ2v) is 4.45. The molecule has 0 aromatic heterocycles. The van der Waals surface area contributed by atoms with Crippen molar-refractivity contribution in [3.8, 4) is 11.8 Å². The Hall–Kier alpha value is -1.01. The van der Waals surface area contributed by atoms with Gasteiger partial charge in [-0.3, -0.25) is 0 Å². The molecule has 0 radical (unpaired) electrons. The van der Waals surface area contributed by atoms with Crippen LogP contribution < -0.4 is 4.74 Å². The molecule has 1 saturated carbocycles. The van der Waals surface area contributed by atoms with Gasteiger partial charge in [0.2, 0.25) is 0 Å². The summed E-state index contributed by atoms with van der Waals surface area (Å²) >= 11 is 3.38. The number of benzene rings is 1. The van der Waals surface area contributed by atoms with Gasteiger partial charge in [-0.1, -0.05) is 22.0 Å². The average molecular weight is 252 g/mol. The van der Waals surface area contributed by atoms with Crippen LogP contribution in [-0.2, 0) is 5.41 Å². The zero-order valence-corrected chi connectivity index (χ0v) is 9.47. The highest BCUT2D eigenvalue weighted by atomic mass is 79.9. The molecule has 1 aliphatic rings. The molecule has 2 nitrogen and oxygen atoms in total. The van der Waals surface area contributed by atoms with E-state index in [0.717, 1.165) is 28.6 Å². The quantitative estimate of drug-likeness (QED) is 0.810. The van der Waals surface area contributed by atoms with Crippen molar-refractivity contribution in [3.63, 3.8) is 0 Å². The van der Waals surface area contributed by atoms with E-state index in [1.165, 1.54) is 0 Å². The maximum Gasteiger partial charge on any atom is 0.124 e. The molecular weight excluding hydrogens is 242 g/mol. The third-order valence-electron chi connectivity index (χ3n) is 2.64. The van der Waals surface area contributed by atoms with E-state index in [1.54, 1.807) is 7.11 Å². The smallest absolute Gasteiger partial charge is 0.124 e. The first-order valence-electron chi connectivity index (χ1n) is 4.47. The Balaban J connectivity index is 2.49. The van der Waals surface area contributed by atoms with E-state index >= 15 is 0 Å². The van der Waals surface area contributed by atoms with Gasteiger partial charge in [-0.2, -0.15) is 5.26 Å². The van der Waals surface area contributed by atoms with Gasteiger partial charge in [0.15, 0.2) is 0 Å². The summed E-state index contributed by atoms with van der Waals surface area (Å²) in [6, 6.07) is 8.20. The third kappa shape index (κ3) is 1.40. The van der Waals surface area contributed by atoms with Gasteiger partial charge in [0, 0.05) is 10.0 Å². The van der Waals surface area contributed by atoms with E-state index in [-0.39, 0.29) is 5.41 Å². The van der Waals surface area contributed by atoms with E-state index in [0.29, 0.717) is 0 Å². The van der Waals surface area contributed by atoms with Crippen LogP contribution in [0.4, 0.5) is 0 Å². The van der Waals surface area contributed by atoms with Gasteiger partial charge in [0.05, 0.1) is 18.6 Å². The zero-order chi connectivity index (χ0) is 10.2. The summed E-state index contributed by atoms with van der Waals surface area (Å²) in [5.74, 6) is 0.804. The molecule has 0 unspecified atom stereocenters. The lowest BCUT2D eigenvalue weighted by atomic mass is 9.97. The average Bonchev–Trinajstić information content (AvgIpc) is 2.98. The highest BCUT2D eigenvalue weighted by Gasteiger charge is 2.46. The molecule has 0 heterocycles. The number of nitrogens with zero attached hydrogens (tertiary/aromatic N) is 1. The molecular formula is C11H10BrNO. The number of ether oxygens (including phenoxy) is 1. The molecule has 14 heavy (non-hydrogen) atoms. The van der Waals surface area contributed by atoms with Crippen LogP contribution in [0.5, 0.6) is 5.75 Å². The fourth-order valence-corrected chi connectivity index (χ4v) is 1.97. The maximum atomic E-state index is 9.08. The Bertz CT molecular complexity index is 404. The molecule has 1 aliphatic carbocycles. The first kappa shape index (κ1) is 9.54. The van der Waals surface area contributed by atoms with Gasteiger partial charge in [-0.25, -0.2) is 0 Å². The van der Waals surface area contributed by atoms with E-state index in [4.69, 9.17) is 10.00 Å². The molecule has 0 spiro atoms. The molecule has 0 saturated heterocycles. The SMILES string of the molecule is COc1cc(Br)ccc1C1(C#N)CC1. The van der Waals surface area contributed by atoms with Crippen LogP contribution in [0.1, 0.15) is 18.4 Å². The van der Waals surface area contributed by atoms with Gasteiger partial charge < -0.3 is 4.74 Å². The summed E-state index contributed by atoms with van der Waals surface area (Å²) in [4.78, 5) is 0. The monoisotopic (exact) mass is 251 g/mol. The Morgan fingerprint density at radius 2 is 2.21 bits per heavy atom. The lowest BCUT2D eigenvalue weighted by molar-refractivity contribution is 0.407. The standard InChI is InChI=1S/C11H10BrNO/c1-14-10-6-8(12)2-3-9(10)11(7-13)4-5-11/h2-3,6H,4-5H2,1H3. The second-order valence-electron chi connectivity index (χ2n) is 3.54. The second kappa shape index (κ2) is 3.29. The molecule has 0 N–H and O–H groups in total. The lowest BCUT2D eigenvalue weighted by Gasteiger charge is -2.12. The molecule has 0 bridgehead atoms. The molecule has 3 heteroatoms. The highest BCUT2D eigenvalue weighted by molar-refractivity contribution is 9.10. The van der Waals surface area contributed by atoms with E-state index in [2.05, 4.69) is 22.0 Å². The predicted octanol–water partition coefficient (Wildman–Crippen LogP) is 3.01. The third-order valence-corrected chi connectivity index (χ3v) is 3.14. The minimum absolute atomic E-state index is 0.272. The largest absolute Gasteiger partial charge is 0.496 e. The maximum absolute atomic E-state index is 9.08. The number of hydrogen-bond donors (Lipinski definition) is 0. The summed E-state index contributed by atoms with van der Waals surface area (Å²) in [5, 5.41) is 9.08. The fraction of sp³-hybridized carbons (Fsp3) is 0.364. The lowest BCUT2D eigenvalue weighted by Crippen LogP contribution is -2.05. The van der Waals surface area contributed by atoms with E-state index < -0.39 is 0 Å². The number of hydrogen-bond acceptors (Lipinski definition) is 2. The molecule has 72 valence electrons. The van der Waals surface area contributed by atoms with Gasteiger partial charge in [-0.15, -0.1) is 0 Å². The van der Waals surface area contributed by atoms with Crippen LogP contribution in [0.3, 0.4) is 0 Å². The molecule has 1 fully saturated rings. The summed E-state index contributed by atoms with van der Waals surface area (Å²) in [5.41, 5.74) is 0.747. The van der Waals surface area contributed by atoms with Crippen molar-refractivity contribution < 1.29 is 4.74 Å². The van der Waals surface area contributed by atoms with Crippen molar-refractivity contribution in [1.29, 1.82) is 5.26 Å². The summed E-state index contributed by atoms with van der Waals surface area (Å²) in [6.07, 6.45) is 1.89. The van der Waals surface area contributed by atoms with Crippen LogP contribution in [0.2, 0.25) is 0 Å². The topological polar surface area (TPSA) is 33.0 Å². The molecule has 0 amide bonds. The van der Waals surface area contributed by atoms with Gasteiger partial charge in [0.1, 0.15) is 5.75 Å². The fourth-order valence-electron chi connectivity index (χ4n) is 1.63. The number of rotatable bonds is 2. The van der Waals surface area contributed by atoms with E-state index in [1.807, 2.05) is 18.2 Å². The van der Waals surface area contributed by atoms with Crippen molar-refractivity contribution >= 4 is 15.9 Å². The Kier molecular flexibility index (Phi) is 2.24. The number of nitriles is 1. The molecule has 2 rings (SSSR count). The minimum Gasteiger partial charge on any atom is -0.496 e. The van der Waals surface area contributed by atoms with Crippen molar-refractivity contribution in [3.05, 3.63) is 28.2 Å².